The van der Waals surface area contributed by atoms with E-state index in [0.29, 0.717) is 30.1 Å². The maximum Gasteiger partial charge on any atom is 0.335 e. The third-order valence-electron chi connectivity index (χ3n) is 8.04. The quantitative estimate of drug-likeness (QED) is 0.229. The predicted octanol–water partition coefficient (Wildman–Crippen LogP) is 5.09. The summed E-state index contributed by atoms with van der Waals surface area (Å²) in [6, 6.07) is 11.9. The highest BCUT2D eigenvalue weighted by Crippen LogP contribution is 2.61. The zero-order valence-corrected chi connectivity index (χ0v) is 20.6. The first-order chi connectivity index (χ1) is 17.5. The second-order valence-corrected chi connectivity index (χ2v) is 10.5. The molecule has 4 fully saturated rings. The topological polar surface area (TPSA) is 82.1 Å². The second kappa shape index (κ2) is 10.5. The van der Waals surface area contributed by atoms with Crippen molar-refractivity contribution in [2.45, 2.75) is 43.9 Å². The van der Waals surface area contributed by atoms with E-state index >= 15 is 0 Å². The summed E-state index contributed by atoms with van der Waals surface area (Å²) in [4.78, 5) is 24.0. The minimum atomic E-state index is -0.997. The lowest BCUT2D eigenvalue weighted by Gasteiger charge is -2.57. The van der Waals surface area contributed by atoms with Crippen molar-refractivity contribution in [2.75, 3.05) is 27.1 Å². The van der Waals surface area contributed by atoms with E-state index in [1.807, 2.05) is 12.1 Å². The van der Waals surface area contributed by atoms with Crippen molar-refractivity contribution in [2.24, 2.45) is 17.8 Å². The van der Waals surface area contributed by atoms with Crippen LogP contribution in [0.15, 0.2) is 42.5 Å². The number of rotatable bonds is 9. The first kappa shape index (κ1) is 24.5. The normalized spacial score (nSPS) is 25.8. The van der Waals surface area contributed by atoms with Crippen molar-refractivity contribution in [3.8, 4) is 17.6 Å². The highest BCUT2D eigenvalue weighted by Gasteiger charge is 2.52. The molecule has 188 valence electrons. The van der Waals surface area contributed by atoms with Crippen LogP contribution in [0, 0.1) is 29.6 Å². The molecule has 4 saturated carbocycles. The Morgan fingerprint density at radius 3 is 2.19 bits per heavy atom. The summed E-state index contributed by atoms with van der Waals surface area (Å²) >= 11 is 0. The molecule has 0 heterocycles. The van der Waals surface area contributed by atoms with Gasteiger partial charge in [0, 0.05) is 23.8 Å². The summed E-state index contributed by atoms with van der Waals surface area (Å²) in [5.41, 5.74) is 2.56. The van der Waals surface area contributed by atoms with Gasteiger partial charge in [-0.3, -0.25) is 4.79 Å². The molecule has 4 aliphatic rings. The summed E-state index contributed by atoms with van der Waals surface area (Å²) in [5.74, 6) is 7.33. The molecule has 36 heavy (non-hydrogen) atoms. The minimum Gasteiger partial charge on any atom is -0.478 e. The van der Waals surface area contributed by atoms with Crippen LogP contribution in [0.25, 0.3) is 0 Å². The van der Waals surface area contributed by atoms with Crippen LogP contribution in [0.5, 0.6) is 5.75 Å². The van der Waals surface area contributed by atoms with Gasteiger partial charge >= 0.3 is 5.97 Å². The Bertz CT molecular complexity index is 1150. The Kier molecular flexibility index (Phi) is 7.13. The summed E-state index contributed by atoms with van der Waals surface area (Å²) in [6.07, 6.45) is 7.65. The molecule has 6 nitrogen and oxygen atoms in total. The summed E-state index contributed by atoms with van der Waals surface area (Å²) in [7, 11) is 1.63. The average molecular weight is 489 g/mol. The number of hydrogen-bond donors (Lipinski definition) is 1. The molecule has 6 heteroatoms. The van der Waals surface area contributed by atoms with Crippen LogP contribution >= 0.6 is 0 Å². The number of carbonyl (C=O) groups excluding carboxylic acids is 1. The van der Waals surface area contributed by atoms with Gasteiger partial charge in [0.15, 0.2) is 6.79 Å². The zero-order chi connectivity index (χ0) is 25.1. The molecule has 6 rings (SSSR count). The van der Waals surface area contributed by atoms with E-state index in [1.165, 1.54) is 56.2 Å². The van der Waals surface area contributed by atoms with Crippen LogP contribution in [0.2, 0.25) is 0 Å². The number of carbonyl (C=O) groups is 2. The summed E-state index contributed by atoms with van der Waals surface area (Å²) < 4.78 is 16.8. The third-order valence-corrected chi connectivity index (χ3v) is 8.04. The number of ketones is 1. The number of ether oxygens (including phenoxy) is 3. The lowest BCUT2D eigenvalue weighted by Crippen LogP contribution is -2.48. The molecule has 1 N–H and O–H groups in total. The van der Waals surface area contributed by atoms with Gasteiger partial charge in [0.25, 0.3) is 0 Å². The third kappa shape index (κ3) is 5.18. The molecule has 0 amide bonds. The predicted molar refractivity (Wildman–Crippen MR) is 134 cm³/mol. The first-order valence-electron chi connectivity index (χ1n) is 12.7. The second-order valence-electron chi connectivity index (χ2n) is 10.5. The fourth-order valence-corrected chi connectivity index (χ4v) is 6.87. The highest BCUT2D eigenvalue weighted by atomic mass is 16.7. The molecule has 0 unspecified atom stereocenters. The van der Waals surface area contributed by atoms with Crippen molar-refractivity contribution in [3.63, 3.8) is 0 Å². The van der Waals surface area contributed by atoms with Gasteiger partial charge in [-0.1, -0.05) is 12.0 Å². The Morgan fingerprint density at radius 2 is 1.58 bits per heavy atom. The molecule has 4 bridgehead atoms. The van der Waals surface area contributed by atoms with E-state index in [0.717, 1.165) is 17.8 Å². The Hall–Kier alpha value is -3.14. The molecule has 0 spiro atoms. The van der Waals surface area contributed by atoms with E-state index in [2.05, 4.69) is 17.9 Å². The summed E-state index contributed by atoms with van der Waals surface area (Å²) in [5, 5.41) is 9.04. The molecule has 0 radical (unpaired) electrons. The Labute approximate surface area is 211 Å². The Morgan fingerprint density at radius 1 is 0.944 bits per heavy atom. The lowest BCUT2D eigenvalue weighted by molar-refractivity contribution is -0.0189. The van der Waals surface area contributed by atoms with Gasteiger partial charge in [0.2, 0.25) is 5.78 Å². The van der Waals surface area contributed by atoms with Crippen LogP contribution in [-0.2, 0) is 14.9 Å². The molecule has 2 aromatic rings. The van der Waals surface area contributed by atoms with Crippen LogP contribution in [0.1, 0.15) is 70.4 Å². The lowest BCUT2D eigenvalue weighted by atomic mass is 9.48. The molecule has 4 aliphatic carbocycles. The van der Waals surface area contributed by atoms with Crippen molar-refractivity contribution in [3.05, 3.63) is 64.7 Å². The van der Waals surface area contributed by atoms with E-state index in [9.17, 15) is 9.59 Å². The largest absolute Gasteiger partial charge is 0.478 e. The van der Waals surface area contributed by atoms with Crippen molar-refractivity contribution in [1.82, 2.24) is 0 Å². The minimum absolute atomic E-state index is 0.0992. The van der Waals surface area contributed by atoms with Crippen molar-refractivity contribution >= 4 is 11.8 Å². The maximum atomic E-state index is 12.9. The van der Waals surface area contributed by atoms with Crippen molar-refractivity contribution in [1.29, 1.82) is 0 Å². The molecule has 2 aromatic carbocycles. The summed E-state index contributed by atoms with van der Waals surface area (Å²) in [6.45, 7) is 1.03. The monoisotopic (exact) mass is 488 g/mol. The van der Waals surface area contributed by atoms with Crippen LogP contribution in [0.3, 0.4) is 0 Å². The van der Waals surface area contributed by atoms with Gasteiger partial charge in [-0.2, -0.15) is 0 Å². The maximum absolute atomic E-state index is 12.9. The number of benzene rings is 2. The molecule has 0 saturated heterocycles. The molecular weight excluding hydrogens is 456 g/mol. The molecular formula is C30H32O6. The fraction of sp³-hybridized carbons (Fsp3) is 0.467. The number of methoxy groups -OCH3 is 1. The van der Waals surface area contributed by atoms with Crippen LogP contribution < -0.4 is 4.74 Å². The first-order valence-corrected chi connectivity index (χ1v) is 12.7. The Balaban J connectivity index is 1.39. The fourth-order valence-electron chi connectivity index (χ4n) is 6.87. The van der Waals surface area contributed by atoms with Crippen LogP contribution in [0.4, 0.5) is 0 Å². The standard InChI is InChI=1S/C30H32O6/c1-34-10-11-35-19-36-28-15-25(27(31)9-4-20-2-5-24(6-3-20)29(32)33)7-8-26(28)30-16-21-12-22(17-30)14-23(13-21)18-30/h2-3,5-8,15,21-23H,10-14,16-19H2,1H3,(H,32,33). The molecule has 0 aromatic heterocycles. The van der Waals surface area contributed by atoms with Gasteiger partial charge in [-0.05, 0) is 104 Å². The molecule has 0 aliphatic heterocycles. The SMILES string of the molecule is COCCOCOc1cc(C(=O)C#Cc2ccc(C(=O)O)cc2)ccc1C12CC3CC(CC(C3)C1)C2. The number of carboxylic acid groups (broad SMARTS) is 1. The smallest absolute Gasteiger partial charge is 0.335 e. The van der Waals surface area contributed by atoms with Gasteiger partial charge in [-0.15, -0.1) is 0 Å². The highest BCUT2D eigenvalue weighted by molar-refractivity contribution is 6.09. The van der Waals surface area contributed by atoms with Gasteiger partial charge in [-0.25, -0.2) is 4.79 Å². The zero-order valence-electron chi connectivity index (χ0n) is 20.6. The van der Waals surface area contributed by atoms with Crippen LogP contribution in [-0.4, -0.2) is 44.0 Å². The molecule has 0 atom stereocenters. The van der Waals surface area contributed by atoms with E-state index in [-0.39, 0.29) is 23.6 Å². The van der Waals surface area contributed by atoms with E-state index in [1.54, 1.807) is 19.2 Å². The average Bonchev–Trinajstić information content (AvgIpc) is 2.86. The number of Topliss-reactive ketones (excluding diaryl/α,β-unsaturated/α-hetero) is 1. The van der Waals surface area contributed by atoms with Gasteiger partial charge in [0.1, 0.15) is 5.75 Å². The number of hydrogen-bond acceptors (Lipinski definition) is 5. The van der Waals surface area contributed by atoms with Crippen molar-refractivity contribution < 1.29 is 28.9 Å². The number of carboxylic acids is 1. The number of aromatic carboxylic acids is 1. The van der Waals surface area contributed by atoms with Gasteiger partial charge < -0.3 is 19.3 Å². The van der Waals surface area contributed by atoms with E-state index < -0.39 is 5.97 Å². The van der Waals surface area contributed by atoms with E-state index in [4.69, 9.17) is 19.3 Å². The van der Waals surface area contributed by atoms with Gasteiger partial charge in [0.05, 0.1) is 18.8 Å².